The van der Waals surface area contributed by atoms with Crippen molar-refractivity contribution in [2.75, 3.05) is 23.8 Å². The van der Waals surface area contributed by atoms with Crippen LogP contribution in [0.15, 0.2) is 89.6 Å². The standard InChI is InChI=1S/C33H27N3O6S2/c1-3-41-32(39)26-22(20-12-7-5-8-13-20)18-43-30(26)35-28(37)24-16-11-17-25(34-24)29(38)36-31-27(33(40)42-4-2)23(19-44-31)21-14-9-6-10-15-21/h5-19H,3-4H2,1-2H3,(H,35,37)(H,36,38). The molecule has 0 spiro atoms. The van der Waals surface area contributed by atoms with Crippen molar-refractivity contribution in [3.8, 4) is 22.3 Å². The van der Waals surface area contributed by atoms with Crippen LogP contribution in [0, 0.1) is 0 Å². The number of carbonyl (C=O) groups is 4. The van der Waals surface area contributed by atoms with Crippen molar-refractivity contribution in [3.05, 3.63) is 112 Å². The Balaban J connectivity index is 1.39. The topological polar surface area (TPSA) is 124 Å². The third-order valence-corrected chi connectivity index (χ3v) is 8.17. The Morgan fingerprint density at radius 1 is 0.614 bits per heavy atom. The first kappa shape index (κ1) is 30.3. The number of hydrogen-bond acceptors (Lipinski definition) is 9. The Bertz CT molecular complexity index is 1690. The molecule has 5 rings (SSSR count). The highest BCUT2D eigenvalue weighted by atomic mass is 32.1. The predicted molar refractivity (Wildman–Crippen MR) is 172 cm³/mol. The first-order valence-electron chi connectivity index (χ1n) is 13.7. The molecule has 0 atom stereocenters. The van der Waals surface area contributed by atoms with Crippen LogP contribution in [0.3, 0.4) is 0 Å². The van der Waals surface area contributed by atoms with Gasteiger partial charge in [-0.3, -0.25) is 9.59 Å². The fraction of sp³-hybridized carbons (Fsp3) is 0.121. The van der Waals surface area contributed by atoms with E-state index in [1.165, 1.54) is 40.9 Å². The largest absolute Gasteiger partial charge is 0.462 e. The van der Waals surface area contributed by atoms with Crippen molar-refractivity contribution in [2.24, 2.45) is 0 Å². The van der Waals surface area contributed by atoms with Gasteiger partial charge in [0.2, 0.25) is 0 Å². The van der Waals surface area contributed by atoms with Gasteiger partial charge >= 0.3 is 11.9 Å². The maximum atomic E-state index is 13.3. The van der Waals surface area contributed by atoms with Crippen molar-refractivity contribution < 1.29 is 28.7 Å². The van der Waals surface area contributed by atoms with Gasteiger partial charge in [-0.05, 0) is 37.1 Å². The molecule has 5 aromatic rings. The molecular weight excluding hydrogens is 599 g/mol. The van der Waals surface area contributed by atoms with Crippen molar-refractivity contribution in [1.29, 1.82) is 0 Å². The molecule has 11 heteroatoms. The van der Waals surface area contributed by atoms with E-state index in [2.05, 4.69) is 15.6 Å². The summed E-state index contributed by atoms with van der Waals surface area (Å²) in [6, 6.07) is 23.1. The quantitative estimate of drug-likeness (QED) is 0.155. The number of benzene rings is 2. The van der Waals surface area contributed by atoms with Crippen LogP contribution >= 0.6 is 22.7 Å². The van der Waals surface area contributed by atoms with E-state index in [1.807, 2.05) is 60.7 Å². The molecule has 0 aliphatic heterocycles. The van der Waals surface area contributed by atoms with E-state index in [9.17, 15) is 19.2 Å². The van der Waals surface area contributed by atoms with Crippen LogP contribution in [0.5, 0.6) is 0 Å². The van der Waals surface area contributed by atoms with Crippen LogP contribution in [0.1, 0.15) is 55.5 Å². The molecule has 0 radical (unpaired) electrons. The van der Waals surface area contributed by atoms with E-state index in [1.54, 1.807) is 24.6 Å². The minimum absolute atomic E-state index is 0.0381. The Labute approximate surface area is 261 Å². The SMILES string of the molecule is CCOC(=O)c1c(-c2ccccc2)csc1NC(=O)c1cccc(C(=O)Nc2scc(-c3ccccc3)c2C(=O)OCC)n1. The molecule has 2 N–H and O–H groups in total. The molecule has 2 amide bonds. The monoisotopic (exact) mass is 625 g/mol. The number of nitrogens with one attached hydrogen (secondary N) is 2. The summed E-state index contributed by atoms with van der Waals surface area (Å²) in [4.78, 5) is 56.6. The Morgan fingerprint density at radius 2 is 1.02 bits per heavy atom. The number of amides is 2. The lowest BCUT2D eigenvalue weighted by molar-refractivity contribution is 0.0519. The zero-order valence-corrected chi connectivity index (χ0v) is 25.4. The van der Waals surface area contributed by atoms with Gasteiger partial charge in [-0.25, -0.2) is 14.6 Å². The van der Waals surface area contributed by atoms with Gasteiger partial charge in [0.15, 0.2) is 0 Å². The molecule has 222 valence electrons. The van der Waals surface area contributed by atoms with Gasteiger partial charge in [-0.15, -0.1) is 22.7 Å². The molecule has 0 saturated carbocycles. The summed E-state index contributed by atoms with van der Waals surface area (Å²) in [6.45, 7) is 3.76. The molecule has 2 aromatic carbocycles. The van der Waals surface area contributed by atoms with Gasteiger partial charge < -0.3 is 20.1 Å². The van der Waals surface area contributed by atoms with Gasteiger partial charge in [0, 0.05) is 21.9 Å². The molecular formula is C33H27N3O6S2. The zero-order chi connectivity index (χ0) is 31.1. The fourth-order valence-corrected chi connectivity index (χ4v) is 6.30. The van der Waals surface area contributed by atoms with Gasteiger partial charge in [0.05, 0.1) is 13.2 Å². The highest BCUT2D eigenvalue weighted by Gasteiger charge is 2.25. The number of rotatable bonds is 10. The number of ether oxygens (including phenoxy) is 2. The average Bonchev–Trinajstić information content (AvgIpc) is 3.66. The van der Waals surface area contributed by atoms with Crippen LogP contribution in [0.4, 0.5) is 10.0 Å². The number of pyridine rings is 1. The van der Waals surface area contributed by atoms with Crippen LogP contribution in [-0.2, 0) is 9.47 Å². The summed E-state index contributed by atoms with van der Waals surface area (Å²) in [6.07, 6.45) is 0. The number of esters is 2. The second kappa shape index (κ2) is 13.9. The third-order valence-electron chi connectivity index (χ3n) is 6.38. The molecule has 0 aliphatic rings. The van der Waals surface area contributed by atoms with Crippen molar-refractivity contribution >= 4 is 56.4 Å². The molecule has 3 aromatic heterocycles. The molecule has 0 bridgehead atoms. The van der Waals surface area contributed by atoms with Gasteiger partial charge in [0.1, 0.15) is 32.5 Å². The maximum Gasteiger partial charge on any atom is 0.341 e. The molecule has 9 nitrogen and oxygen atoms in total. The van der Waals surface area contributed by atoms with E-state index in [4.69, 9.17) is 9.47 Å². The highest BCUT2D eigenvalue weighted by molar-refractivity contribution is 7.15. The van der Waals surface area contributed by atoms with Gasteiger partial charge in [0.25, 0.3) is 11.8 Å². The molecule has 3 heterocycles. The number of anilines is 2. The molecule has 44 heavy (non-hydrogen) atoms. The summed E-state index contributed by atoms with van der Waals surface area (Å²) in [5.41, 5.74) is 3.27. The van der Waals surface area contributed by atoms with E-state index >= 15 is 0 Å². The van der Waals surface area contributed by atoms with Crippen molar-refractivity contribution in [1.82, 2.24) is 4.98 Å². The lowest BCUT2D eigenvalue weighted by Crippen LogP contribution is -2.20. The minimum atomic E-state index is -0.610. The second-order valence-electron chi connectivity index (χ2n) is 9.20. The third kappa shape index (κ3) is 6.59. The first-order valence-corrected chi connectivity index (χ1v) is 15.4. The van der Waals surface area contributed by atoms with E-state index in [0.717, 1.165) is 11.1 Å². The Morgan fingerprint density at radius 3 is 1.41 bits per heavy atom. The van der Waals surface area contributed by atoms with Crippen molar-refractivity contribution in [2.45, 2.75) is 13.8 Å². The summed E-state index contributed by atoms with van der Waals surface area (Å²) in [7, 11) is 0. The van der Waals surface area contributed by atoms with Crippen LogP contribution < -0.4 is 10.6 Å². The maximum absolute atomic E-state index is 13.3. The van der Waals surface area contributed by atoms with E-state index in [-0.39, 0.29) is 35.7 Å². The molecule has 0 aliphatic carbocycles. The summed E-state index contributed by atoms with van der Waals surface area (Å²) < 4.78 is 10.5. The normalized spacial score (nSPS) is 10.6. The first-order chi connectivity index (χ1) is 21.4. The van der Waals surface area contributed by atoms with E-state index < -0.39 is 23.8 Å². The van der Waals surface area contributed by atoms with Crippen LogP contribution in [0.25, 0.3) is 22.3 Å². The smallest absolute Gasteiger partial charge is 0.341 e. The molecule has 0 unspecified atom stereocenters. The molecule has 0 fully saturated rings. The second-order valence-corrected chi connectivity index (χ2v) is 11.0. The van der Waals surface area contributed by atoms with Crippen LogP contribution in [-0.4, -0.2) is 42.0 Å². The number of carbonyl (C=O) groups excluding carboxylic acids is 4. The number of hydrogen-bond donors (Lipinski definition) is 2. The Kier molecular flexibility index (Phi) is 9.58. The van der Waals surface area contributed by atoms with Gasteiger partial charge in [-0.2, -0.15) is 0 Å². The summed E-state index contributed by atoms with van der Waals surface area (Å²) >= 11 is 2.37. The lowest BCUT2D eigenvalue weighted by Gasteiger charge is -2.10. The minimum Gasteiger partial charge on any atom is -0.462 e. The Hall–Kier alpha value is -5.13. The van der Waals surface area contributed by atoms with Crippen molar-refractivity contribution in [3.63, 3.8) is 0 Å². The highest BCUT2D eigenvalue weighted by Crippen LogP contribution is 2.37. The predicted octanol–water partition coefficient (Wildman–Crippen LogP) is 7.40. The van der Waals surface area contributed by atoms with Crippen LogP contribution in [0.2, 0.25) is 0 Å². The molecule has 0 saturated heterocycles. The van der Waals surface area contributed by atoms with E-state index in [0.29, 0.717) is 21.1 Å². The average molecular weight is 626 g/mol. The summed E-state index contributed by atoms with van der Waals surface area (Å²) in [5, 5.41) is 9.67. The number of thiophene rings is 2. The lowest BCUT2D eigenvalue weighted by atomic mass is 10.0. The zero-order valence-electron chi connectivity index (χ0n) is 23.8. The summed E-state index contributed by atoms with van der Waals surface area (Å²) in [5.74, 6) is -2.35. The number of nitrogens with zero attached hydrogens (tertiary/aromatic N) is 1. The van der Waals surface area contributed by atoms with Gasteiger partial charge in [-0.1, -0.05) is 66.7 Å². The number of aromatic nitrogens is 1. The fourth-order valence-electron chi connectivity index (χ4n) is 4.39.